The van der Waals surface area contributed by atoms with Crippen LogP contribution < -0.4 is 10.6 Å². The number of benzene rings is 2. The monoisotopic (exact) mass is 376 g/mol. The molecule has 1 aliphatic carbocycles. The first-order valence-electron chi connectivity index (χ1n) is 8.20. The van der Waals surface area contributed by atoms with E-state index in [1.54, 1.807) is 24.3 Å². The third kappa shape index (κ3) is 4.53. The fourth-order valence-corrected chi connectivity index (χ4v) is 3.26. The van der Waals surface area contributed by atoms with E-state index in [0.717, 1.165) is 36.8 Å². The summed E-state index contributed by atoms with van der Waals surface area (Å²) in [5.41, 5.74) is 2.30. The third-order valence-corrected chi connectivity index (χ3v) is 5.01. The molecule has 4 nitrogen and oxygen atoms in total. The number of halogens is 2. The molecule has 0 radical (unpaired) electrons. The van der Waals surface area contributed by atoms with Crippen LogP contribution in [0.4, 0.5) is 5.69 Å². The summed E-state index contributed by atoms with van der Waals surface area (Å²) in [5, 5.41) is 6.36. The molecule has 0 spiro atoms. The maximum absolute atomic E-state index is 12.1. The Kier molecular flexibility index (Phi) is 5.61. The average Bonchev–Trinajstić information content (AvgIpc) is 3.10. The molecule has 1 aliphatic rings. The normalized spacial score (nSPS) is 14.3. The summed E-state index contributed by atoms with van der Waals surface area (Å²) in [4.78, 5) is 24.1. The van der Waals surface area contributed by atoms with Crippen molar-refractivity contribution >= 4 is 40.7 Å². The highest BCUT2D eigenvalue weighted by Gasteiger charge is 2.21. The van der Waals surface area contributed by atoms with Crippen molar-refractivity contribution in [3.8, 4) is 11.1 Å². The quantitative estimate of drug-likeness (QED) is 0.765. The summed E-state index contributed by atoms with van der Waals surface area (Å²) in [5.74, 6) is -1.25. The van der Waals surface area contributed by atoms with Crippen LogP contribution in [0.25, 0.3) is 11.1 Å². The van der Waals surface area contributed by atoms with E-state index in [-0.39, 0.29) is 6.04 Å². The van der Waals surface area contributed by atoms with Gasteiger partial charge in [-0.3, -0.25) is 9.59 Å². The van der Waals surface area contributed by atoms with Crippen molar-refractivity contribution in [2.45, 2.75) is 31.7 Å². The van der Waals surface area contributed by atoms with Crippen molar-refractivity contribution in [2.75, 3.05) is 5.32 Å². The molecule has 2 aromatic carbocycles. The predicted molar refractivity (Wildman–Crippen MR) is 101 cm³/mol. The molecule has 0 saturated heterocycles. The van der Waals surface area contributed by atoms with Crippen molar-refractivity contribution in [2.24, 2.45) is 0 Å². The first-order valence-corrected chi connectivity index (χ1v) is 8.96. The molecular formula is C19H18Cl2N2O2. The largest absolute Gasteiger partial charge is 0.345 e. The van der Waals surface area contributed by atoms with Crippen LogP contribution in [0.3, 0.4) is 0 Å². The highest BCUT2D eigenvalue weighted by molar-refractivity contribution is 6.42. The number of nitrogens with one attached hydrogen (secondary N) is 2. The molecule has 130 valence electrons. The van der Waals surface area contributed by atoms with Gasteiger partial charge in [-0.2, -0.15) is 0 Å². The molecule has 25 heavy (non-hydrogen) atoms. The van der Waals surface area contributed by atoms with E-state index in [0.29, 0.717) is 15.7 Å². The van der Waals surface area contributed by atoms with Gasteiger partial charge in [-0.05, 0) is 48.2 Å². The predicted octanol–water partition coefficient (Wildman–Crippen LogP) is 4.66. The second-order valence-electron chi connectivity index (χ2n) is 6.12. The van der Waals surface area contributed by atoms with Gasteiger partial charge < -0.3 is 10.6 Å². The molecule has 0 atom stereocenters. The fraction of sp³-hybridized carbons (Fsp3) is 0.263. The van der Waals surface area contributed by atoms with E-state index in [1.165, 1.54) is 0 Å². The van der Waals surface area contributed by atoms with Gasteiger partial charge in [0.15, 0.2) is 0 Å². The van der Waals surface area contributed by atoms with Crippen LogP contribution in [-0.4, -0.2) is 17.9 Å². The smallest absolute Gasteiger partial charge is 0.313 e. The van der Waals surface area contributed by atoms with Gasteiger partial charge in [-0.15, -0.1) is 0 Å². The maximum Gasteiger partial charge on any atom is 0.313 e. The Bertz CT molecular complexity index is 802. The average molecular weight is 377 g/mol. The van der Waals surface area contributed by atoms with Crippen molar-refractivity contribution < 1.29 is 9.59 Å². The standard InChI is InChI=1S/C19H18Cl2N2O2/c20-16-9-8-13(11-17(16)21)12-4-3-7-15(10-12)23-19(25)18(24)22-14-5-1-2-6-14/h3-4,7-11,14H,1-2,5-6H2,(H,22,24)(H,23,25). The Labute approximate surface area is 156 Å². The Morgan fingerprint density at radius 2 is 1.60 bits per heavy atom. The number of rotatable bonds is 3. The molecule has 2 amide bonds. The van der Waals surface area contributed by atoms with Gasteiger partial charge in [0.2, 0.25) is 0 Å². The third-order valence-electron chi connectivity index (χ3n) is 4.27. The van der Waals surface area contributed by atoms with Crippen LogP contribution in [0.5, 0.6) is 0 Å². The van der Waals surface area contributed by atoms with Crippen LogP contribution in [0.2, 0.25) is 10.0 Å². The van der Waals surface area contributed by atoms with E-state index in [4.69, 9.17) is 23.2 Å². The van der Waals surface area contributed by atoms with Crippen LogP contribution in [0.1, 0.15) is 25.7 Å². The maximum atomic E-state index is 12.1. The summed E-state index contributed by atoms with van der Waals surface area (Å²) >= 11 is 12.0. The molecular weight excluding hydrogens is 359 g/mol. The van der Waals surface area contributed by atoms with Crippen molar-refractivity contribution in [1.82, 2.24) is 5.32 Å². The van der Waals surface area contributed by atoms with Crippen LogP contribution >= 0.6 is 23.2 Å². The number of carbonyl (C=O) groups is 2. The van der Waals surface area contributed by atoms with Crippen molar-refractivity contribution in [3.05, 3.63) is 52.5 Å². The van der Waals surface area contributed by atoms with Crippen LogP contribution in [-0.2, 0) is 9.59 Å². The number of hydrogen-bond donors (Lipinski definition) is 2. The Hall–Kier alpha value is -2.04. The number of anilines is 1. The molecule has 3 rings (SSSR count). The summed E-state index contributed by atoms with van der Waals surface area (Å²) < 4.78 is 0. The molecule has 1 fully saturated rings. The van der Waals surface area contributed by atoms with Crippen LogP contribution in [0, 0.1) is 0 Å². The summed E-state index contributed by atoms with van der Waals surface area (Å²) in [6.45, 7) is 0. The van der Waals surface area contributed by atoms with Crippen molar-refractivity contribution in [1.29, 1.82) is 0 Å². The Morgan fingerprint density at radius 3 is 2.32 bits per heavy atom. The molecule has 0 aromatic heterocycles. The molecule has 2 N–H and O–H groups in total. The molecule has 0 aliphatic heterocycles. The minimum absolute atomic E-state index is 0.112. The zero-order valence-electron chi connectivity index (χ0n) is 13.5. The minimum atomic E-state index is -0.654. The Balaban J connectivity index is 1.69. The van der Waals surface area contributed by atoms with E-state index in [1.807, 2.05) is 18.2 Å². The summed E-state index contributed by atoms with van der Waals surface area (Å²) in [6.07, 6.45) is 4.06. The lowest BCUT2D eigenvalue weighted by atomic mass is 10.1. The van der Waals surface area contributed by atoms with Gasteiger partial charge in [0.25, 0.3) is 0 Å². The first kappa shape index (κ1) is 17.8. The summed E-state index contributed by atoms with van der Waals surface area (Å²) in [6, 6.07) is 12.7. The molecule has 2 aromatic rings. The topological polar surface area (TPSA) is 58.2 Å². The number of hydrogen-bond acceptors (Lipinski definition) is 2. The molecule has 0 bridgehead atoms. The lowest BCUT2D eigenvalue weighted by molar-refractivity contribution is -0.136. The SMILES string of the molecule is O=C(Nc1cccc(-c2ccc(Cl)c(Cl)c2)c1)C(=O)NC1CCCC1. The van der Waals surface area contributed by atoms with Crippen molar-refractivity contribution in [3.63, 3.8) is 0 Å². The van der Waals surface area contributed by atoms with E-state index in [2.05, 4.69) is 10.6 Å². The van der Waals surface area contributed by atoms with Gasteiger partial charge in [-0.1, -0.05) is 54.2 Å². The highest BCUT2D eigenvalue weighted by atomic mass is 35.5. The molecule has 0 heterocycles. The number of carbonyl (C=O) groups excluding carboxylic acids is 2. The summed E-state index contributed by atoms with van der Waals surface area (Å²) in [7, 11) is 0. The van der Waals surface area contributed by atoms with Gasteiger partial charge in [-0.25, -0.2) is 0 Å². The second-order valence-corrected chi connectivity index (χ2v) is 6.93. The molecule has 0 unspecified atom stereocenters. The molecule has 1 saturated carbocycles. The minimum Gasteiger partial charge on any atom is -0.345 e. The lowest BCUT2D eigenvalue weighted by Crippen LogP contribution is -2.40. The zero-order chi connectivity index (χ0) is 17.8. The fourth-order valence-electron chi connectivity index (χ4n) is 2.96. The molecule has 6 heteroatoms. The van der Waals surface area contributed by atoms with E-state index >= 15 is 0 Å². The number of amides is 2. The van der Waals surface area contributed by atoms with Gasteiger partial charge in [0.1, 0.15) is 0 Å². The van der Waals surface area contributed by atoms with Gasteiger partial charge >= 0.3 is 11.8 Å². The highest BCUT2D eigenvalue weighted by Crippen LogP contribution is 2.29. The zero-order valence-corrected chi connectivity index (χ0v) is 15.0. The van der Waals surface area contributed by atoms with Gasteiger partial charge in [0, 0.05) is 11.7 Å². The second kappa shape index (κ2) is 7.89. The first-order chi connectivity index (χ1) is 12.0. The lowest BCUT2D eigenvalue weighted by Gasteiger charge is -2.12. The van der Waals surface area contributed by atoms with E-state index < -0.39 is 11.8 Å². The van der Waals surface area contributed by atoms with Gasteiger partial charge in [0.05, 0.1) is 10.0 Å². The van der Waals surface area contributed by atoms with Crippen LogP contribution in [0.15, 0.2) is 42.5 Å². The Morgan fingerprint density at radius 1 is 0.880 bits per heavy atom. The van der Waals surface area contributed by atoms with E-state index in [9.17, 15) is 9.59 Å².